The number of hydrogen-bond donors (Lipinski definition) is 0. The number of alkyl halides is 3. The SMILES string of the molecule is COCC(=O)N1CCN(c2cccc(C(F)(F)F)c2)CC1.Cl. The van der Waals surface area contributed by atoms with E-state index in [2.05, 4.69) is 0 Å². The largest absolute Gasteiger partial charge is 0.416 e. The second-order valence-corrected chi connectivity index (χ2v) is 4.85. The Labute approximate surface area is 133 Å². The van der Waals surface area contributed by atoms with E-state index in [4.69, 9.17) is 4.74 Å². The molecule has 4 nitrogen and oxygen atoms in total. The van der Waals surface area contributed by atoms with Crippen LogP contribution in [0.1, 0.15) is 5.56 Å². The van der Waals surface area contributed by atoms with Crippen LogP contribution in [0.5, 0.6) is 0 Å². The van der Waals surface area contributed by atoms with E-state index in [9.17, 15) is 18.0 Å². The summed E-state index contributed by atoms with van der Waals surface area (Å²) >= 11 is 0. The van der Waals surface area contributed by atoms with Crippen molar-refractivity contribution in [1.29, 1.82) is 0 Å². The molecule has 1 aliphatic rings. The summed E-state index contributed by atoms with van der Waals surface area (Å²) in [4.78, 5) is 15.2. The summed E-state index contributed by atoms with van der Waals surface area (Å²) in [7, 11) is 1.46. The Bertz CT molecular complexity index is 503. The average Bonchev–Trinajstić information content (AvgIpc) is 2.47. The lowest BCUT2D eigenvalue weighted by Gasteiger charge is -2.36. The van der Waals surface area contributed by atoms with Gasteiger partial charge in [0.15, 0.2) is 0 Å². The van der Waals surface area contributed by atoms with Crippen LogP contribution in [0, 0.1) is 0 Å². The minimum Gasteiger partial charge on any atom is -0.375 e. The fraction of sp³-hybridized carbons (Fsp3) is 0.500. The molecule has 0 saturated carbocycles. The van der Waals surface area contributed by atoms with E-state index < -0.39 is 11.7 Å². The highest BCUT2D eigenvalue weighted by atomic mass is 35.5. The standard InChI is InChI=1S/C14H17F3N2O2.ClH/c1-21-10-13(20)19-7-5-18(6-8-19)12-4-2-3-11(9-12)14(15,16)17;/h2-4,9H,5-8,10H2,1H3;1H. The van der Waals surface area contributed by atoms with Crippen LogP contribution < -0.4 is 4.90 Å². The molecule has 1 heterocycles. The van der Waals surface area contributed by atoms with Crippen LogP contribution in [0.4, 0.5) is 18.9 Å². The molecule has 1 fully saturated rings. The fourth-order valence-electron chi connectivity index (χ4n) is 2.31. The molecule has 0 bridgehead atoms. The zero-order chi connectivity index (χ0) is 15.5. The summed E-state index contributed by atoms with van der Waals surface area (Å²) in [5.74, 6) is -0.0961. The topological polar surface area (TPSA) is 32.8 Å². The van der Waals surface area contributed by atoms with Gasteiger partial charge in [0.05, 0.1) is 5.56 Å². The first-order valence-corrected chi connectivity index (χ1v) is 6.61. The average molecular weight is 339 g/mol. The molecule has 1 aromatic rings. The predicted molar refractivity (Wildman–Crippen MR) is 79.4 cm³/mol. The molecule has 0 unspecified atom stereocenters. The van der Waals surface area contributed by atoms with Crippen molar-refractivity contribution in [2.24, 2.45) is 0 Å². The Morgan fingerprint density at radius 2 is 1.86 bits per heavy atom. The first-order valence-electron chi connectivity index (χ1n) is 6.61. The Hall–Kier alpha value is -1.47. The number of carbonyl (C=O) groups excluding carboxylic acids is 1. The Kier molecular flexibility index (Phi) is 6.49. The van der Waals surface area contributed by atoms with Gasteiger partial charge in [-0.2, -0.15) is 13.2 Å². The molecule has 1 saturated heterocycles. The molecule has 0 spiro atoms. The van der Waals surface area contributed by atoms with Crippen LogP contribution in [0.3, 0.4) is 0 Å². The number of nitrogens with zero attached hydrogens (tertiary/aromatic N) is 2. The summed E-state index contributed by atoms with van der Waals surface area (Å²) in [5, 5.41) is 0. The fourth-order valence-corrected chi connectivity index (χ4v) is 2.31. The first-order chi connectivity index (χ1) is 9.91. The number of carbonyl (C=O) groups is 1. The molecular weight excluding hydrogens is 321 g/mol. The van der Waals surface area contributed by atoms with Gasteiger partial charge >= 0.3 is 6.18 Å². The van der Waals surface area contributed by atoms with Gasteiger partial charge in [0.25, 0.3) is 0 Å². The highest BCUT2D eigenvalue weighted by Crippen LogP contribution is 2.31. The van der Waals surface area contributed by atoms with Crippen molar-refractivity contribution >= 4 is 24.0 Å². The summed E-state index contributed by atoms with van der Waals surface area (Å²) in [6, 6.07) is 5.26. The highest BCUT2D eigenvalue weighted by molar-refractivity contribution is 5.85. The zero-order valence-corrected chi connectivity index (χ0v) is 12.9. The van der Waals surface area contributed by atoms with Crippen molar-refractivity contribution in [1.82, 2.24) is 4.90 Å². The third-order valence-corrected chi connectivity index (χ3v) is 3.44. The van der Waals surface area contributed by atoms with Gasteiger partial charge in [-0.1, -0.05) is 6.07 Å². The molecule has 0 radical (unpaired) electrons. The molecule has 1 aromatic carbocycles. The van der Waals surface area contributed by atoms with Crippen molar-refractivity contribution in [2.75, 3.05) is 44.8 Å². The number of halogens is 4. The van der Waals surface area contributed by atoms with Crippen molar-refractivity contribution in [3.63, 3.8) is 0 Å². The minimum absolute atomic E-state index is 0. The number of anilines is 1. The van der Waals surface area contributed by atoms with Crippen molar-refractivity contribution in [3.8, 4) is 0 Å². The molecule has 124 valence electrons. The number of hydrogen-bond acceptors (Lipinski definition) is 3. The quantitative estimate of drug-likeness (QED) is 0.848. The van der Waals surface area contributed by atoms with Crippen LogP contribution in [0.25, 0.3) is 0 Å². The molecule has 0 aromatic heterocycles. The Morgan fingerprint density at radius 3 is 2.41 bits per heavy atom. The molecule has 0 aliphatic carbocycles. The third kappa shape index (κ3) is 4.51. The number of piperazine rings is 1. The molecule has 22 heavy (non-hydrogen) atoms. The monoisotopic (exact) mass is 338 g/mol. The lowest BCUT2D eigenvalue weighted by Crippen LogP contribution is -2.49. The summed E-state index contributed by atoms with van der Waals surface area (Å²) in [5.41, 5.74) is -0.124. The molecule has 0 N–H and O–H groups in total. The Morgan fingerprint density at radius 1 is 1.23 bits per heavy atom. The molecular formula is C14H18ClF3N2O2. The van der Waals surface area contributed by atoms with Crippen LogP contribution in [0.15, 0.2) is 24.3 Å². The van der Waals surface area contributed by atoms with Gasteiger partial charge in [-0.3, -0.25) is 4.79 Å². The van der Waals surface area contributed by atoms with Gasteiger partial charge in [0, 0.05) is 39.0 Å². The molecule has 2 rings (SSSR count). The highest BCUT2D eigenvalue weighted by Gasteiger charge is 2.31. The van der Waals surface area contributed by atoms with E-state index in [1.807, 2.05) is 4.90 Å². The van der Waals surface area contributed by atoms with E-state index >= 15 is 0 Å². The van der Waals surface area contributed by atoms with Gasteiger partial charge in [-0.25, -0.2) is 0 Å². The molecule has 1 aliphatic heterocycles. The van der Waals surface area contributed by atoms with Gasteiger partial charge in [0.1, 0.15) is 6.61 Å². The number of benzene rings is 1. The number of rotatable bonds is 3. The van der Waals surface area contributed by atoms with Crippen LogP contribution in [-0.2, 0) is 15.7 Å². The number of amides is 1. The first kappa shape index (κ1) is 18.6. The van der Waals surface area contributed by atoms with Crippen LogP contribution in [-0.4, -0.2) is 50.7 Å². The minimum atomic E-state index is -4.34. The van der Waals surface area contributed by atoms with Crippen molar-refractivity contribution in [2.45, 2.75) is 6.18 Å². The zero-order valence-electron chi connectivity index (χ0n) is 12.1. The van der Waals surface area contributed by atoms with E-state index in [-0.39, 0.29) is 24.9 Å². The van der Waals surface area contributed by atoms with Crippen molar-refractivity contribution in [3.05, 3.63) is 29.8 Å². The molecule has 1 amide bonds. The van der Waals surface area contributed by atoms with Crippen LogP contribution >= 0.6 is 12.4 Å². The lowest BCUT2D eigenvalue weighted by atomic mass is 10.1. The van der Waals surface area contributed by atoms with Gasteiger partial charge < -0.3 is 14.5 Å². The summed E-state index contributed by atoms with van der Waals surface area (Å²) in [6.45, 7) is 2.02. The van der Waals surface area contributed by atoms with Gasteiger partial charge in [0.2, 0.25) is 5.91 Å². The van der Waals surface area contributed by atoms with Crippen molar-refractivity contribution < 1.29 is 22.7 Å². The predicted octanol–water partition coefficient (Wildman–Crippen LogP) is 2.42. The maximum Gasteiger partial charge on any atom is 0.416 e. The summed E-state index contributed by atoms with van der Waals surface area (Å²) in [6.07, 6.45) is -4.34. The van der Waals surface area contributed by atoms with E-state index in [1.54, 1.807) is 11.0 Å². The summed E-state index contributed by atoms with van der Waals surface area (Å²) < 4.78 is 42.9. The second kappa shape index (κ2) is 7.69. The van der Waals surface area contributed by atoms with E-state index in [1.165, 1.54) is 13.2 Å². The number of ether oxygens (including phenoxy) is 1. The maximum absolute atomic E-state index is 12.7. The maximum atomic E-state index is 12.7. The lowest BCUT2D eigenvalue weighted by molar-refractivity contribution is -0.137. The molecule has 8 heteroatoms. The van der Waals surface area contributed by atoms with E-state index in [0.717, 1.165) is 12.1 Å². The second-order valence-electron chi connectivity index (χ2n) is 4.85. The van der Waals surface area contributed by atoms with Gasteiger partial charge in [-0.15, -0.1) is 12.4 Å². The Balaban J connectivity index is 0.00000242. The van der Waals surface area contributed by atoms with E-state index in [0.29, 0.717) is 31.9 Å². The number of methoxy groups -OCH3 is 1. The van der Waals surface area contributed by atoms with Crippen LogP contribution in [0.2, 0.25) is 0 Å². The van der Waals surface area contributed by atoms with Gasteiger partial charge in [-0.05, 0) is 18.2 Å². The normalized spacial score (nSPS) is 15.5. The third-order valence-electron chi connectivity index (χ3n) is 3.44. The smallest absolute Gasteiger partial charge is 0.375 e. The molecule has 0 atom stereocenters.